The van der Waals surface area contributed by atoms with Gasteiger partial charge in [0.2, 0.25) is 5.82 Å². The lowest BCUT2D eigenvalue weighted by molar-refractivity contribution is 0.158. The van der Waals surface area contributed by atoms with Gasteiger partial charge in [0.25, 0.3) is 5.89 Å². The Balaban J connectivity index is 1.75. The van der Waals surface area contributed by atoms with Crippen molar-refractivity contribution in [1.82, 2.24) is 20.4 Å². The lowest BCUT2D eigenvalue weighted by atomic mass is 9.94. The Kier molecular flexibility index (Phi) is 6.96. The molecule has 2 heterocycles. The number of urea groups is 1. The van der Waals surface area contributed by atoms with Crippen LogP contribution in [0.5, 0.6) is 5.75 Å². The van der Waals surface area contributed by atoms with Gasteiger partial charge in [-0.2, -0.15) is 4.98 Å². The number of halogens is 1. The highest BCUT2D eigenvalue weighted by Gasteiger charge is 2.35. The Morgan fingerprint density at radius 1 is 1.21 bits per heavy atom. The predicted octanol–water partition coefficient (Wildman–Crippen LogP) is 4.93. The fourth-order valence-corrected chi connectivity index (χ4v) is 3.96. The number of nitrogens with one attached hydrogen (secondary N) is 1. The zero-order chi connectivity index (χ0) is 23.4. The van der Waals surface area contributed by atoms with Crippen LogP contribution in [-0.2, 0) is 4.74 Å². The van der Waals surface area contributed by atoms with Gasteiger partial charge in [-0.3, -0.25) is 4.90 Å². The van der Waals surface area contributed by atoms with Gasteiger partial charge in [0, 0.05) is 23.4 Å². The zero-order valence-corrected chi connectivity index (χ0v) is 19.4. The van der Waals surface area contributed by atoms with E-state index in [0.29, 0.717) is 47.8 Å². The van der Waals surface area contributed by atoms with E-state index >= 15 is 0 Å². The van der Waals surface area contributed by atoms with Crippen molar-refractivity contribution in [3.63, 3.8) is 0 Å². The smallest absolute Gasteiger partial charge is 0.322 e. The number of aromatic nitrogens is 2. The van der Waals surface area contributed by atoms with E-state index in [9.17, 15) is 4.79 Å². The number of hydrogen-bond donors (Lipinski definition) is 1. The van der Waals surface area contributed by atoms with Crippen LogP contribution in [0.2, 0.25) is 5.02 Å². The van der Waals surface area contributed by atoms with Crippen LogP contribution in [0.25, 0.3) is 17.0 Å². The van der Waals surface area contributed by atoms with Gasteiger partial charge in [-0.25, -0.2) is 4.79 Å². The molecule has 1 N–H and O–H groups in total. The molecule has 1 aromatic heterocycles. The second-order valence-corrected chi connectivity index (χ2v) is 7.90. The molecule has 8 nitrogen and oxygen atoms in total. The van der Waals surface area contributed by atoms with Gasteiger partial charge in [-0.05, 0) is 55.8 Å². The summed E-state index contributed by atoms with van der Waals surface area (Å²) < 4.78 is 16.4. The maximum absolute atomic E-state index is 12.9. The normalized spacial score (nSPS) is 16.2. The van der Waals surface area contributed by atoms with E-state index in [-0.39, 0.29) is 6.03 Å². The molecule has 3 aromatic rings. The van der Waals surface area contributed by atoms with Gasteiger partial charge in [0.1, 0.15) is 5.75 Å². The van der Waals surface area contributed by atoms with E-state index in [1.165, 1.54) is 0 Å². The van der Waals surface area contributed by atoms with E-state index in [1.807, 2.05) is 56.3 Å². The fraction of sp³-hybridized carbons (Fsp3) is 0.292. The van der Waals surface area contributed by atoms with E-state index in [2.05, 4.69) is 15.5 Å². The van der Waals surface area contributed by atoms with E-state index < -0.39 is 6.04 Å². The molecule has 4 rings (SSSR count). The van der Waals surface area contributed by atoms with Gasteiger partial charge in [-0.1, -0.05) is 28.9 Å². The van der Waals surface area contributed by atoms with Crippen molar-refractivity contribution in [2.75, 3.05) is 26.9 Å². The van der Waals surface area contributed by atoms with Gasteiger partial charge < -0.3 is 19.3 Å². The highest BCUT2D eigenvalue weighted by Crippen LogP contribution is 2.38. The summed E-state index contributed by atoms with van der Waals surface area (Å²) >= 11 is 6.23. The first-order chi connectivity index (χ1) is 16.0. The number of methoxy groups -OCH3 is 1. The lowest BCUT2D eigenvalue weighted by Gasteiger charge is -2.35. The average molecular weight is 469 g/mol. The van der Waals surface area contributed by atoms with Gasteiger partial charge >= 0.3 is 6.03 Å². The van der Waals surface area contributed by atoms with Crippen LogP contribution in [0.1, 0.15) is 31.3 Å². The number of nitrogens with zero attached hydrogens (tertiary/aromatic N) is 3. The monoisotopic (exact) mass is 468 g/mol. The molecular weight excluding hydrogens is 444 g/mol. The SMILES string of the molecule is CCOc1ccc(-c2noc(C3=C(C)N(CCOC)C(=O)NC3c3cccc(Cl)c3)n2)cc1. The second kappa shape index (κ2) is 10.1. The van der Waals surface area contributed by atoms with Gasteiger partial charge in [-0.15, -0.1) is 0 Å². The molecule has 0 saturated carbocycles. The molecule has 172 valence electrons. The van der Waals surface area contributed by atoms with Gasteiger partial charge in [0.15, 0.2) is 0 Å². The summed E-state index contributed by atoms with van der Waals surface area (Å²) in [4.78, 5) is 19.1. The van der Waals surface area contributed by atoms with Crippen LogP contribution in [0.3, 0.4) is 0 Å². The van der Waals surface area contributed by atoms with Crippen molar-refractivity contribution >= 4 is 23.2 Å². The summed E-state index contributed by atoms with van der Waals surface area (Å²) in [6, 6.07) is 14.1. The summed E-state index contributed by atoms with van der Waals surface area (Å²) in [7, 11) is 1.59. The molecule has 2 aromatic carbocycles. The van der Waals surface area contributed by atoms with Crippen molar-refractivity contribution in [1.29, 1.82) is 0 Å². The van der Waals surface area contributed by atoms with Crippen LogP contribution < -0.4 is 10.1 Å². The number of amides is 2. The van der Waals surface area contributed by atoms with Crippen LogP contribution >= 0.6 is 11.6 Å². The quantitative estimate of drug-likeness (QED) is 0.504. The first-order valence-electron chi connectivity index (χ1n) is 10.6. The summed E-state index contributed by atoms with van der Waals surface area (Å²) in [5.74, 6) is 1.54. The molecule has 0 saturated heterocycles. The van der Waals surface area contributed by atoms with Gasteiger partial charge in [0.05, 0.1) is 31.4 Å². The molecule has 2 amide bonds. The molecule has 0 spiro atoms. The minimum absolute atomic E-state index is 0.232. The zero-order valence-electron chi connectivity index (χ0n) is 18.7. The van der Waals surface area contributed by atoms with Crippen molar-refractivity contribution in [2.24, 2.45) is 0 Å². The van der Waals surface area contributed by atoms with Crippen LogP contribution in [-0.4, -0.2) is 47.9 Å². The second-order valence-electron chi connectivity index (χ2n) is 7.46. The molecule has 0 bridgehead atoms. The van der Waals surface area contributed by atoms with Crippen molar-refractivity contribution in [2.45, 2.75) is 19.9 Å². The van der Waals surface area contributed by atoms with Crippen molar-refractivity contribution in [3.05, 3.63) is 70.7 Å². The Bertz CT molecular complexity index is 1160. The van der Waals surface area contributed by atoms with Crippen LogP contribution in [0.15, 0.2) is 58.8 Å². The molecule has 1 aliphatic heterocycles. The predicted molar refractivity (Wildman–Crippen MR) is 125 cm³/mol. The largest absolute Gasteiger partial charge is 0.494 e. The molecule has 9 heteroatoms. The van der Waals surface area contributed by atoms with Crippen LogP contribution in [0, 0.1) is 0 Å². The molecular formula is C24H25ClN4O4. The number of ether oxygens (including phenoxy) is 2. The minimum Gasteiger partial charge on any atom is -0.494 e. The third kappa shape index (κ3) is 4.86. The topological polar surface area (TPSA) is 89.7 Å². The highest BCUT2D eigenvalue weighted by atomic mass is 35.5. The molecule has 1 atom stereocenters. The summed E-state index contributed by atoms with van der Waals surface area (Å²) in [6.45, 7) is 5.17. The van der Waals surface area contributed by atoms with Crippen molar-refractivity contribution < 1.29 is 18.8 Å². The van der Waals surface area contributed by atoms with E-state index in [4.69, 9.17) is 25.6 Å². The Hall–Kier alpha value is -3.36. The Labute approximate surface area is 197 Å². The Morgan fingerprint density at radius 3 is 2.70 bits per heavy atom. The number of hydrogen-bond acceptors (Lipinski definition) is 6. The molecule has 1 aliphatic rings. The number of carbonyl (C=O) groups is 1. The summed E-state index contributed by atoms with van der Waals surface area (Å²) in [6.07, 6.45) is 0. The third-order valence-corrected chi connectivity index (χ3v) is 5.61. The number of benzene rings is 2. The van der Waals surface area contributed by atoms with E-state index in [1.54, 1.807) is 18.1 Å². The average Bonchev–Trinajstić information content (AvgIpc) is 3.29. The van der Waals surface area contributed by atoms with Crippen molar-refractivity contribution in [3.8, 4) is 17.1 Å². The molecule has 1 unspecified atom stereocenters. The third-order valence-electron chi connectivity index (χ3n) is 5.38. The fourth-order valence-electron chi connectivity index (χ4n) is 3.76. The first kappa shape index (κ1) is 22.8. The number of carbonyl (C=O) groups excluding carboxylic acids is 1. The lowest BCUT2D eigenvalue weighted by Crippen LogP contribution is -2.47. The minimum atomic E-state index is -0.497. The van der Waals surface area contributed by atoms with Crippen LogP contribution in [0.4, 0.5) is 4.79 Å². The molecule has 0 fully saturated rings. The maximum atomic E-state index is 12.9. The number of allylic oxidation sites excluding steroid dienone is 1. The first-order valence-corrected chi connectivity index (χ1v) is 11.0. The summed E-state index contributed by atoms with van der Waals surface area (Å²) in [5.41, 5.74) is 3.03. The highest BCUT2D eigenvalue weighted by molar-refractivity contribution is 6.30. The van der Waals surface area contributed by atoms with E-state index in [0.717, 1.165) is 16.9 Å². The number of rotatable bonds is 8. The maximum Gasteiger partial charge on any atom is 0.322 e. The summed E-state index contributed by atoms with van der Waals surface area (Å²) in [5, 5.41) is 7.79. The Morgan fingerprint density at radius 2 is 2.00 bits per heavy atom. The standard InChI is InChI=1S/C24H25ClN4O4/c1-4-32-19-10-8-16(9-11-19)22-27-23(33-28-22)20-15(2)29(12-13-31-3)24(30)26-21(20)17-6-5-7-18(25)14-17/h5-11,14,21H,4,12-13H2,1-3H3,(H,26,30). The molecule has 33 heavy (non-hydrogen) atoms. The molecule has 0 aliphatic carbocycles. The molecule has 0 radical (unpaired) electrons.